The van der Waals surface area contributed by atoms with Crippen molar-refractivity contribution in [3.8, 4) is 0 Å². The zero-order chi connectivity index (χ0) is 11.7. The SMILES string of the molecule is CC1SCCC1N1CCCC(C2CCCN2)C1. The highest BCUT2D eigenvalue weighted by Crippen LogP contribution is 2.34. The fourth-order valence-electron chi connectivity index (χ4n) is 3.98. The van der Waals surface area contributed by atoms with E-state index in [1.54, 1.807) is 0 Å². The summed E-state index contributed by atoms with van der Waals surface area (Å²) in [4.78, 5) is 2.82. The number of rotatable bonds is 2. The first kappa shape index (κ1) is 12.3. The Hall–Kier alpha value is 0.270. The van der Waals surface area contributed by atoms with Gasteiger partial charge in [0.2, 0.25) is 0 Å². The van der Waals surface area contributed by atoms with Gasteiger partial charge in [-0.3, -0.25) is 4.90 Å². The van der Waals surface area contributed by atoms with Crippen molar-refractivity contribution in [2.75, 3.05) is 25.4 Å². The van der Waals surface area contributed by atoms with Gasteiger partial charge in [0.25, 0.3) is 0 Å². The van der Waals surface area contributed by atoms with Crippen molar-refractivity contribution in [3.05, 3.63) is 0 Å². The Bertz CT molecular complexity index is 253. The predicted molar refractivity (Wildman–Crippen MR) is 75.6 cm³/mol. The summed E-state index contributed by atoms with van der Waals surface area (Å²) in [6.07, 6.45) is 7.14. The lowest BCUT2D eigenvalue weighted by molar-refractivity contribution is 0.108. The summed E-state index contributed by atoms with van der Waals surface area (Å²) < 4.78 is 0. The lowest BCUT2D eigenvalue weighted by Crippen LogP contribution is -2.49. The largest absolute Gasteiger partial charge is 0.314 e. The van der Waals surface area contributed by atoms with E-state index in [2.05, 4.69) is 28.9 Å². The van der Waals surface area contributed by atoms with E-state index in [1.165, 1.54) is 57.5 Å². The average Bonchev–Trinajstić information content (AvgIpc) is 2.99. The zero-order valence-corrected chi connectivity index (χ0v) is 11.8. The molecule has 0 amide bonds. The summed E-state index contributed by atoms with van der Waals surface area (Å²) in [5.41, 5.74) is 0. The fourth-order valence-corrected chi connectivity index (χ4v) is 5.26. The van der Waals surface area contributed by atoms with Crippen molar-refractivity contribution < 1.29 is 0 Å². The molecule has 1 N–H and O–H groups in total. The molecule has 2 nitrogen and oxygen atoms in total. The fraction of sp³-hybridized carbons (Fsp3) is 1.00. The molecule has 0 aromatic heterocycles. The molecule has 4 atom stereocenters. The molecule has 0 saturated carbocycles. The molecule has 17 heavy (non-hydrogen) atoms. The smallest absolute Gasteiger partial charge is 0.0219 e. The van der Waals surface area contributed by atoms with Crippen LogP contribution in [0.1, 0.15) is 39.0 Å². The molecule has 3 heterocycles. The molecule has 3 heteroatoms. The molecular formula is C14H26N2S. The van der Waals surface area contributed by atoms with Crippen molar-refractivity contribution in [2.45, 2.75) is 56.4 Å². The third-order valence-corrected chi connectivity index (χ3v) is 6.27. The van der Waals surface area contributed by atoms with E-state index in [-0.39, 0.29) is 0 Å². The van der Waals surface area contributed by atoms with Gasteiger partial charge in [-0.05, 0) is 56.9 Å². The number of likely N-dealkylation sites (tertiary alicyclic amines) is 1. The number of nitrogens with zero attached hydrogens (tertiary/aromatic N) is 1. The van der Waals surface area contributed by atoms with Crippen molar-refractivity contribution in [3.63, 3.8) is 0 Å². The summed E-state index contributed by atoms with van der Waals surface area (Å²) >= 11 is 2.18. The quantitative estimate of drug-likeness (QED) is 0.814. The van der Waals surface area contributed by atoms with Gasteiger partial charge in [-0.25, -0.2) is 0 Å². The maximum atomic E-state index is 3.72. The maximum Gasteiger partial charge on any atom is 0.0219 e. The van der Waals surface area contributed by atoms with Gasteiger partial charge in [0.1, 0.15) is 0 Å². The van der Waals surface area contributed by atoms with Crippen LogP contribution in [0.2, 0.25) is 0 Å². The van der Waals surface area contributed by atoms with Crippen LogP contribution in [0.5, 0.6) is 0 Å². The van der Waals surface area contributed by atoms with E-state index in [0.717, 1.165) is 23.3 Å². The lowest BCUT2D eigenvalue weighted by atomic mass is 9.88. The van der Waals surface area contributed by atoms with E-state index >= 15 is 0 Å². The molecule has 0 radical (unpaired) electrons. The lowest BCUT2D eigenvalue weighted by Gasteiger charge is -2.40. The topological polar surface area (TPSA) is 15.3 Å². The van der Waals surface area contributed by atoms with Crippen LogP contribution in [0.3, 0.4) is 0 Å². The van der Waals surface area contributed by atoms with Crippen molar-refractivity contribution in [1.82, 2.24) is 10.2 Å². The second kappa shape index (κ2) is 5.50. The van der Waals surface area contributed by atoms with Crippen molar-refractivity contribution in [1.29, 1.82) is 0 Å². The Morgan fingerprint density at radius 1 is 1.18 bits per heavy atom. The van der Waals surface area contributed by atoms with Gasteiger partial charge in [-0.1, -0.05) is 6.92 Å². The summed E-state index contributed by atoms with van der Waals surface area (Å²) in [6, 6.07) is 1.71. The molecule has 3 rings (SSSR count). The van der Waals surface area contributed by atoms with E-state index in [1.807, 2.05) is 0 Å². The second-order valence-electron chi connectivity index (χ2n) is 6.03. The van der Waals surface area contributed by atoms with E-state index in [4.69, 9.17) is 0 Å². The number of thioether (sulfide) groups is 1. The second-order valence-corrected chi connectivity index (χ2v) is 7.52. The Morgan fingerprint density at radius 3 is 2.82 bits per heavy atom. The molecule has 0 aliphatic carbocycles. The number of nitrogens with one attached hydrogen (secondary N) is 1. The molecule has 3 saturated heterocycles. The van der Waals surface area contributed by atoms with Crippen LogP contribution in [0.4, 0.5) is 0 Å². The molecule has 3 aliphatic rings. The van der Waals surface area contributed by atoms with Crippen LogP contribution in [-0.2, 0) is 0 Å². The molecule has 0 bridgehead atoms. The minimum atomic E-state index is 0.835. The highest BCUT2D eigenvalue weighted by atomic mass is 32.2. The van der Waals surface area contributed by atoms with Crippen LogP contribution in [0, 0.1) is 5.92 Å². The number of hydrogen-bond donors (Lipinski definition) is 1. The van der Waals surface area contributed by atoms with Crippen LogP contribution >= 0.6 is 11.8 Å². The van der Waals surface area contributed by atoms with Crippen molar-refractivity contribution in [2.24, 2.45) is 5.92 Å². The molecule has 98 valence electrons. The summed E-state index contributed by atoms with van der Waals surface area (Å²) in [5.74, 6) is 2.32. The number of piperidine rings is 1. The molecular weight excluding hydrogens is 228 g/mol. The van der Waals surface area contributed by atoms with E-state index in [0.29, 0.717) is 0 Å². The van der Waals surface area contributed by atoms with Gasteiger partial charge in [-0.2, -0.15) is 11.8 Å². The Kier molecular flexibility index (Phi) is 3.98. The van der Waals surface area contributed by atoms with E-state index < -0.39 is 0 Å². The van der Waals surface area contributed by atoms with Crippen LogP contribution < -0.4 is 5.32 Å². The van der Waals surface area contributed by atoms with Gasteiger partial charge < -0.3 is 5.32 Å². The Balaban J connectivity index is 1.59. The van der Waals surface area contributed by atoms with Gasteiger partial charge in [0.05, 0.1) is 0 Å². The van der Waals surface area contributed by atoms with Gasteiger partial charge in [0, 0.05) is 23.9 Å². The first-order chi connectivity index (χ1) is 8.34. The van der Waals surface area contributed by atoms with Gasteiger partial charge in [0.15, 0.2) is 0 Å². The predicted octanol–water partition coefficient (Wildman–Crippen LogP) is 2.34. The first-order valence-electron chi connectivity index (χ1n) is 7.43. The van der Waals surface area contributed by atoms with Crippen LogP contribution in [-0.4, -0.2) is 47.6 Å². The van der Waals surface area contributed by atoms with E-state index in [9.17, 15) is 0 Å². The molecule has 0 spiro atoms. The normalized spacial score (nSPS) is 44.3. The minimum absolute atomic E-state index is 0.835. The molecule has 3 aliphatic heterocycles. The molecule has 0 aromatic carbocycles. The average molecular weight is 254 g/mol. The Labute approximate surface area is 110 Å². The third kappa shape index (κ3) is 2.66. The summed E-state index contributed by atoms with van der Waals surface area (Å²) in [7, 11) is 0. The summed E-state index contributed by atoms with van der Waals surface area (Å²) in [6.45, 7) is 6.42. The first-order valence-corrected chi connectivity index (χ1v) is 8.48. The highest BCUT2D eigenvalue weighted by molar-refractivity contribution is 8.00. The number of hydrogen-bond acceptors (Lipinski definition) is 3. The minimum Gasteiger partial charge on any atom is -0.314 e. The van der Waals surface area contributed by atoms with Crippen molar-refractivity contribution >= 4 is 11.8 Å². The zero-order valence-electron chi connectivity index (χ0n) is 11.0. The molecule has 3 fully saturated rings. The van der Waals surface area contributed by atoms with Crippen LogP contribution in [0.25, 0.3) is 0 Å². The standard InChI is InChI=1S/C14H26N2S/c1-11-14(6-9-17-11)16-8-3-4-12(10-16)13-5-2-7-15-13/h11-15H,2-10H2,1H3. The van der Waals surface area contributed by atoms with Gasteiger partial charge in [-0.15, -0.1) is 0 Å². The van der Waals surface area contributed by atoms with Gasteiger partial charge >= 0.3 is 0 Å². The monoisotopic (exact) mass is 254 g/mol. The molecule has 0 aromatic rings. The third-order valence-electron chi connectivity index (χ3n) is 4.96. The van der Waals surface area contributed by atoms with Crippen LogP contribution in [0.15, 0.2) is 0 Å². The Morgan fingerprint density at radius 2 is 2.12 bits per heavy atom. The maximum absolute atomic E-state index is 3.72. The summed E-state index contributed by atoms with van der Waals surface area (Å²) in [5, 5.41) is 4.58. The highest BCUT2D eigenvalue weighted by Gasteiger charge is 2.35. The molecule has 4 unspecified atom stereocenters.